The van der Waals surface area contributed by atoms with E-state index >= 15 is 0 Å². The van der Waals surface area contributed by atoms with E-state index in [4.69, 9.17) is 4.74 Å². The summed E-state index contributed by atoms with van der Waals surface area (Å²) in [6, 6.07) is 0. The van der Waals surface area contributed by atoms with Crippen LogP contribution in [-0.4, -0.2) is 10.9 Å². The molecule has 1 radical (unpaired) electrons. The van der Waals surface area contributed by atoms with Gasteiger partial charge < -0.3 is 4.74 Å². The highest BCUT2D eigenvalue weighted by Gasteiger charge is 2.18. The summed E-state index contributed by atoms with van der Waals surface area (Å²) in [4.78, 5) is 10.2. The topological polar surface area (TPSA) is 26.3 Å². The number of hydrogen-bond acceptors (Lipinski definition) is 2. The first kappa shape index (κ1) is 8.69. The molecule has 0 aliphatic rings. The molecule has 0 heterocycles. The maximum atomic E-state index is 10.2. The van der Waals surface area contributed by atoms with Gasteiger partial charge in [-0.25, -0.2) is 4.79 Å². The van der Waals surface area contributed by atoms with Crippen LogP contribution >= 0.6 is 12.6 Å². The SMILES string of the molecule is CCC(C)(C)OC(=O)[S]. The molecule has 9 heavy (non-hydrogen) atoms. The third-order valence-electron chi connectivity index (χ3n) is 1.21. The number of ether oxygens (including phenoxy) is 1. The summed E-state index contributed by atoms with van der Waals surface area (Å²) in [7, 11) is 0. The minimum atomic E-state index is -0.623. The molecule has 53 valence electrons. The molecule has 0 atom stereocenters. The standard InChI is InChI=1S/C6H11O2S/c1-4-6(2,3)8-5(7)9/h4H2,1-3H3. The quantitative estimate of drug-likeness (QED) is 0.561. The van der Waals surface area contributed by atoms with E-state index in [0.717, 1.165) is 6.42 Å². The monoisotopic (exact) mass is 147 g/mol. The summed E-state index contributed by atoms with van der Waals surface area (Å²) in [5.41, 5.74) is -0.390. The van der Waals surface area contributed by atoms with Crippen LogP contribution in [0.1, 0.15) is 27.2 Å². The van der Waals surface area contributed by atoms with Gasteiger partial charge in [-0.3, -0.25) is 0 Å². The molecule has 0 saturated carbocycles. The smallest absolute Gasteiger partial charge is 0.400 e. The third-order valence-corrected chi connectivity index (χ3v) is 1.29. The van der Waals surface area contributed by atoms with E-state index in [9.17, 15) is 4.79 Å². The molecule has 0 aliphatic heterocycles. The van der Waals surface area contributed by atoms with Crippen LogP contribution in [0.25, 0.3) is 0 Å². The van der Waals surface area contributed by atoms with Gasteiger partial charge >= 0.3 is 5.30 Å². The summed E-state index contributed by atoms with van der Waals surface area (Å²) in [5.74, 6) is 0. The zero-order chi connectivity index (χ0) is 7.49. The molecule has 0 spiro atoms. The van der Waals surface area contributed by atoms with E-state index < -0.39 is 10.9 Å². The lowest BCUT2D eigenvalue weighted by atomic mass is 10.1. The Balaban J connectivity index is 3.71. The minimum absolute atomic E-state index is 0.390. The van der Waals surface area contributed by atoms with E-state index in [1.54, 1.807) is 0 Å². The predicted octanol–water partition coefficient (Wildman–Crippen LogP) is 2.51. The number of carbonyl (C=O) groups is 1. The van der Waals surface area contributed by atoms with E-state index in [0.29, 0.717) is 0 Å². The fourth-order valence-corrected chi connectivity index (χ4v) is 0.523. The van der Waals surface area contributed by atoms with Gasteiger partial charge in [0, 0.05) is 12.6 Å². The van der Waals surface area contributed by atoms with Gasteiger partial charge in [-0.2, -0.15) is 0 Å². The van der Waals surface area contributed by atoms with Crippen molar-refractivity contribution in [2.45, 2.75) is 32.8 Å². The molecule has 0 aromatic carbocycles. The Morgan fingerprint density at radius 2 is 2.11 bits per heavy atom. The van der Waals surface area contributed by atoms with Crippen LogP contribution in [0.2, 0.25) is 0 Å². The van der Waals surface area contributed by atoms with Crippen LogP contribution in [0, 0.1) is 0 Å². The summed E-state index contributed by atoms with van der Waals surface area (Å²) >= 11 is 4.23. The summed E-state index contributed by atoms with van der Waals surface area (Å²) < 4.78 is 4.76. The van der Waals surface area contributed by atoms with Gasteiger partial charge in [-0.05, 0) is 20.3 Å². The van der Waals surface area contributed by atoms with Crippen molar-refractivity contribution < 1.29 is 9.53 Å². The molecule has 0 amide bonds. The Morgan fingerprint density at radius 1 is 1.67 bits per heavy atom. The second kappa shape index (κ2) is 3.01. The number of hydrogen-bond donors (Lipinski definition) is 0. The first-order valence-corrected chi connectivity index (χ1v) is 3.29. The predicted molar refractivity (Wildman–Crippen MR) is 38.4 cm³/mol. The Bertz CT molecular complexity index is 110. The van der Waals surface area contributed by atoms with Crippen molar-refractivity contribution in [3.05, 3.63) is 0 Å². The van der Waals surface area contributed by atoms with Crippen LogP contribution in [0.3, 0.4) is 0 Å². The van der Waals surface area contributed by atoms with Crippen molar-refractivity contribution in [3.8, 4) is 0 Å². The lowest BCUT2D eigenvalue weighted by Gasteiger charge is -2.20. The van der Waals surface area contributed by atoms with Gasteiger partial charge in [-0.1, -0.05) is 6.92 Å². The summed E-state index contributed by atoms with van der Waals surface area (Å²) in [6.45, 7) is 5.60. The van der Waals surface area contributed by atoms with Crippen LogP contribution < -0.4 is 0 Å². The number of carbonyl (C=O) groups excluding carboxylic acids is 1. The lowest BCUT2D eigenvalue weighted by Crippen LogP contribution is -2.24. The normalized spacial score (nSPS) is 11.0. The maximum Gasteiger partial charge on any atom is 0.400 e. The van der Waals surface area contributed by atoms with E-state index in [1.165, 1.54) is 0 Å². The van der Waals surface area contributed by atoms with E-state index in [2.05, 4.69) is 12.6 Å². The molecule has 0 unspecified atom stereocenters. The molecule has 0 aliphatic carbocycles. The molecule has 0 fully saturated rings. The summed E-state index contributed by atoms with van der Waals surface area (Å²) in [5, 5.41) is -0.623. The molecule has 0 aromatic rings. The zero-order valence-corrected chi connectivity index (χ0v) is 6.75. The largest absolute Gasteiger partial charge is 0.448 e. The van der Waals surface area contributed by atoms with Gasteiger partial charge in [0.2, 0.25) is 0 Å². The molecular formula is C6H11O2S. The van der Waals surface area contributed by atoms with Crippen molar-refractivity contribution in [2.75, 3.05) is 0 Å². The van der Waals surface area contributed by atoms with Crippen molar-refractivity contribution in [1.82, 2.24) is 0 Å². The molecule has 0 bridgehead atoms. The van der Waals surface area contributed by atoms with Gasteiger partial charge in [0.15, 0.2) is 0 Å². The van der Waals surface area contributed by atoms with E-state index in [-0.39, 0.29) is 0 Å². The third kappa shape index (κ3) is 4.21. The molecule has 0 rings (SSSR count). The first-order valence-electron chi connectivity index (χ1n) is 2.88. The van der Waals surface area contributed by atoms with Crippen molar-refractivity contribution >= 4 is 17.9 Å². The highest BCUT2D eigenvalue weighted by molar-refractivity contribution is 7.96. The van der Waals surface area contributed by atoms with Crippen LogP contribution in [0.5, 0.6) is 0 Å². The highest BCUT2D eigenvalue weighted by atomic mass is 32.1. The van der Waals surface area contributed by atoms with Gasteiger partial charge in [-0.15, -0.1) is 0 Å². The molecular weight excluding hydrogens is 136 g/mol. The molecule has 0 aromatic heterocycles. The summed E-state index contributed by atoms with van der Waals surface area (Å²) in [6.07, 6.45) is 0.787. The average molecular weight is 147 g/mol. The van der Waals surface area contributed by atoms with Gasteiger partial charge in [0.05, 0.1) is 0 Å². The molecule has 3 heteroatoms. The Hall–Kier alpha value is -0.310. The Kier molecular flexibility index (Phi) is 2.91. The van der Waals surface area contributed by atoms with Crippen LogP contribution in [0.4, 0.5) is 4.79 Å². The zero-order valence-electron chi connectivity index (χ0n) is 5.93. The van der Waals surface area contributed by atoms with Gasteiger partial charge in [0.1, 0.15) is 5.60 Å². The van der Waals surface area contributed by atoms with Crippen molar-refractivity contribution in [2.24, 2.45) is 0 Å². The first-order chi connectivity index (χ1) is 3.98. The average Bonchev–Trinajstić information content (AvgIpc) is 1.63. The van der Waals surface area contributed by atoms with Crippen molar-refractivity contribution in [3.63, 3.8) is 0 Å². The maximum absolute atomic E-state index is 10.2. The Labute approximate surface area is 61.0 Å². The Morgan fingerprint density at radius 3 is 2.22 bits per heavy atom. The molecule has 0 N–H and O–H groups in total. The fraction of sp³-hybridized carbons (Fsp3) is 0.833. The fourth-order valence-electron chi connectivity index (χ4n) is 0.298. The second-order valence-electron chi connectivity index (χ2n) is 2.47. The van der Waals surface area contributed by atoms with Crippen molar-refractivity contribution in [1.29, 1.82) is 0 Å². The van der Waals surface area contributed by atoms with Gasteiger partial charge in [0.25, 0.3) is 0 Å². The molecule has 0 saturated heterocycles. The second-order valence-corrected chi connectivity index (χ2v) is 2.80. The number of rotatable bonds is 2. The van der Waals surface area contributed by atoms with Crippen LogP contribution in [0.15, 0.2) is 0 Å². The van der Waals surface area contributed by atoms with E-state index in [1.807, 2.05) is 20.8 Å². The lowest BCUT2D eigenvalue weighted by molar-refractivity contribution is 0.0559. The minimum Gasteiger partial charge on any atom is -0.448 e. The highest BCUT2D eigenvalue weighted by Crippen LogP contribution is 2.14. The van der Waals surface area contributed by atoms with Crippen LogP contribution in [-0.2, 0) is 4.74 Å². The molecule has 2 nitrogen and oxygen atoms in total.